The summed E-state index contributed by atoms with van der Waals surface area (Å²) in [7, 11) is 1.71. The molecule has 19 heavy (non-hydrogen) atoms. The van der Waals surface area contributed by atoms with Crippen LogP contribution in [0, 0.1) is 12.8 Å². The Morgan fingerprint density at radius 3 is 2.32 bits per heavy atom. The van der Waals surface area contributed by atoms with Crippen LogP contribution in [0.2, 0.25) is 0 Å². The van der Waals surface area contributed by atoms with E-state index in [1.54, 1.807) is 7.11 Å². The molecule has 1 N–H and O–H groups in total. The fourth-order valence-electron chi connectivity index (χ4n) is 2.13. The van der Waals surface area contributed by atoms with Crippen molar-refractivity contribution in [1.29, 1.82) is 0 Å². The largest absolute Gasteiger partial charge is 0.387 e. The summed E-state index contributed by atoms with van der Waals surface area (Å²) in [6.45, 7) is 9.64. The number of hydrogen-bond donors (Lipinski definition) is 1. The molecule has 0 fully saturated rings. The summed E-state index contributed by atoms with van der Waals surface area (Å²) >= 11 is 0. The molecule has 0 saturated heterocycles. The van der Waals surface area contributed by atoms with Gasteiger partial charge in [-0.05, 0) is 18.4 Å². The molecule has 3 heteroatoms. The molecule has 0 heterocycles. The highest BCUT2D eigenvalue weighted by Gasteiger charge is 2.14. The van der Waals surface area contributed by atoms with Gasteiger partial charge in [-0.1, -0.05) is 43.7 Å². The predicted octanol–water partition coefficient (Wildman–Crippen LogP) is 2.63. The Hall–Kier alpha value is -0.900. The molecule has 0 saturated carbocycles. The van der Waals surface area contributed by atoms with Crippen molar-refractivity contribution in [2.75, 3.05) is 33.4 Å². The number of methoxy groups -OCH3 is 1. The molecule has 0 radical (unpaired) electrons. The van der Waals surface area contributed by atoms with E-state index in [1.165, 1.54) is 5.56 Å². The minimum Gasteiger partial charge on any atom is -0.387 e. The number of aryl methyl sites for hydroxylation is 1. The summed E-state index contributed by atoms with van der Waals surface area (Å²) in [5.41, 5.74) is 2.20. The Balaban J connectivity index is 2.58. The third-order valence-corrected chi connectivity index (χ3v) is 3.13. The first kappa shape index (κ1) is 16.2. The average Bonchev–Trinajstić information content (AvgIpc) is 2.36. The van der Waals surface area contributed by atoms with Gasteiger partial charge in [0.25, 0.3) is 0 Å². The van der Waals surface area contributed by atoms with Crippen LogP contribution in [-0.4, -0.2) is 43.4 Å². The van der Waals surface area contributed by atoms with Crippen molar-refractivity contribution in [3.8, 4) is 0 Å². The van der Waals surface area contributed by atoms with Crippen LogP contribution in [-0.2, 0) is 4.74 Å². The van der Waals surface area contributed by atoms with E-state index in [0.717, 1.165) is 18.7 Å². The van der Waals surface area contributed by atoms with Gasteiger partial charge in [0, 0.05) is 26.7 Å². The van der Waals surface area contributed by atoms with E-state index in [1.807, 2.05) is 24.3 Å². The zero-order valence-corrected chi connectivity index (χ0v) is 12.6. The smallest absolute Gasteiger partial charge is 0.0916 e. The molecular formula is C16H27NO2. The zero-order valence-electron chi connectivity index (χ0n) is 12.6. The summed E-state index contributed by atoms with van der Waals surface area (Å²) in [5.74, 6) is 0.585. The molecule has 0 aliphatic rings. The maximum atomic E-state index is 10.3. The lowest BCUT2D eigenvalue weighted by Gasteiger charge is -2.26. The van der Waals surface area contributed by atoms with E-state index in [9.17, 15) is 5.11 Å². The van der Waals surface area contributed by atoms with Crippen molar-refractivity contribution in [2.45, 2.75) is 26.9 Å². The Bertz CT molecular complexity index is 348. The lowest BCUT2D eigenvalue weighted by atomic mass is 10.1. The van der Waals surface area contributed by atoms with Crippen LogP contribution in [0.25, 0.3) is 0 Å². The number of aliphatic hydroxyl groups is 1. The molecule has 0 spiro atoms. The van der Waals surface area contributed by atoms with Crippen molar-refractivity contribution < 1.29 is 9.84 Å². The number of nitrogens with zero attached hydrogens (tertiary/aromatic N) is 1. The van der Waals surface area contributed by atoms with Gasteiger partial charge in [-0.2, -0.15) is 0 Å². The van der Waals surface area contributed by atoms with Gasteiger partial charge in [0.2, 0.25) is 0 Å². The molecule has 1 aromatic rings. The molecule has 0 bridgehead atoms. The van der Waals surface area contributed by atoms with Crippen LogP contribution < -0.4 is 0 Å². The second-order valence-electron chi connectivity index (χ2n) is 5.57. The molecule has 0 aromatic heterocycles. The predicted molar refractivity (Wildman–Crippen MR) is 79.3 cm³/mol. The van der Waals surface area contributed by atoms with Gasteiger partial charge in [0.15, 0.2) is 0 Å². The van der Waals surface area contributed by atoms with Gasteiger partial charge in [0.05, 0.1) is 12.7 Å². The minimum absolute atomic E-state index is 0.434. The highest BCUT2D eigenvalue weighted by Crippen LogP contribution is 2.15. The van der Waals surface area contributed by atoms with Gasteiger partial charge >= 0.3 is 0 Å². The number of benzene rings is 1. The Kier molecular flexibility index (Phi) is 7.06. The topological polar surface area (TPSA) is 32.7 Å². The lowest BCUT2D eigenvalue weighted by Crippen LogP contribution is -2.34. The van der Waals surface area contributed by atoms with Crippen molar-refractivity contribution in [1.82, 2.24) is 4.90 Å². The van der Waals surface area contributed by atoms with Gasteiger partial charge in [-0.3, -0.25) is 4.90 Å². The van der Waals surface area contributed by atoms with Gasteiger partial charge < -0.3 is 9.84 Å². The lowest BCUT2D eigenvalue weighted by molar-refractivity contribution is 0.0825. The fraction of sp³-hybridized carbons (Fsp3) is 0.625. The van der Waals surface area contributed by atoms with Crippen LogP contribution >= 0.6 is 0 Å². The maximum absolute atomic E-state index is 10.3. The van der Waals surface area contributed by atoms with E-state index < -0.39 is 6.10 Å². The maximum Gasteiger partial charge on any atom is 0.0916 e. The summed E-state index contributed by atoms with van der Waals surface area (Å²) in [6.07, 6.45) is -0.434. The highest BCUT2D eigenvalue weighted by molar-refractivity contribution is 5.23. The van der Waals surface area contributed by atoms with E-state index in [4.69, 9.17) is 4.74 Å². The number of aliphatic hydroxyl groups excluding tert-OH is 1. The molecule has 1 aromatic carbocycles. The first-order valence-electron chi connectivity index (χ1n) is 6.99. The molecule has 1 rings (SSSR count). The van der Waals surface area contributed by atoms with E-state index in [0.29, 0.717) is 19.1 Å². The normalized spacial score (nSPS) is 13.2. The fourth-order valence-corrected chi connectivity index (χ4v) is 2.13. The number of rotatable bonds is 8. The second-order valence-corrected chi connectivity index (χ2v) is 5.57. The van der Waals surface area contributed by atoms with E-state index >= 15 is 0 Å². The highest BCUT2D eigenvalue weighted by atomic mass is 16.5. The van der Waals surface area contributed by atoms with Crippen molar-refractivity contribution in [3.63, 3.8) is 0 Å². The second kappa shape index (κ2) is 8.31. The summed E-state index contributed by atoms with van der Waals surface area (Å²) in [4.78, 5) is 2.26. The molecule has 0 amide bonds. The van der Waals surface area contributed by atoms with E-state index in [-0.39, 0.29) is 0 Å². The van der Waals surface area contributed by atoms with Crippen molar-refractivity contribution in [2.24, 2.45) is 5.92 Å². The molecule has 0 aliphatic carbocycles. The standard InChI is InChI=1S/C16H27NO2/c1-13(2)11-17(9-10-19-4)12-16(18)15-7-5-14(3)6-8-15/h5-8,13,16,18H,9-12H2,1-4H3. The summed E-state index contributed by atoms with van der Waals surface area (Å²) in [6, 6.07) is 8.09. The van der Waals surface area contributed by atoms with Crippen LogP contribution in [0.1, 0.15) is 31.1 Å². The van der Waals surface area contributed by atoms with Crippen LogP contribution in [0.4, 0.5) is 0 Å². The first-order chi connectivity index (χ1) is 9.02. The van der Waals surface area contributed by atoms with Crippen LogP contribution in [0.5, 0.6) is 0 Å². The average molecular weight is 265 g/mol. The Labute approximate surface area is 117 Å². The Morgan fingerprint density at radius 2 is 1.79 bits per heavy atom. The van der Waals surface area contributed by atoms with Crippen LogP contribution in [0.3, 0.4) is 0 Å². The van der Waals surface area contributed by atoms with Gasteiger partial charge in [-0.15, -0.1) is 0 Å². The molecule has 108 valence electrons. The van der Waals surface area contributed by atoms with Gasteiger partial charge in [0.1, 0.15) is 0 Å². The zero-order chi connectivity index (χ0) is 14.3. The molecule has 3 nitrogen and oxygen atoms in total. The summed E-state index contributed by atoms with van der Waals surface area (Å²) in [5, 5.41) is 10.3. The molecular weight excluding hydrogens is 238 g/mol. The van der Waals surface area contributed by atoms with Crippen molar-refractivity contribution >= 4 is 0 Å². The van der Waals surface area contributed by atoms with E-state index in [2.05, 4.69) is 25.7 Å². The third-order valence-electron chi connectivity index (χ3n) is 3.13. The number of hydrogen-bond acceptors (Lipinski definition) is 3. The van der Waals surface area contributed by atoms with Crippen molar-refractivity contribution in [3.05, 3.63) is 35.4 Å². The SMILES string of the molecule is COCCN(CC(C)C)CC(O)c1ccc(C)cc1. The quantitative estimate of drug-likeness (QED) is 0.784. The third kappa shape index (κ3) is 6.19. The summed E-state index contributed by atoms with van der Waals surface area (Å²) < 4.78 is 5.13. The Morgan fingerprint density at radius 1 is 1.16 bits per heavy atom. The van der Waals surface area contributed by atoms with Crippen LogP contribution in [0.15, 0.2) is 24.3 Å². The molecule has 1 atom stereocenters. The molecule has 0 aliphatic heterocycles. The monoisotopic (exact) mass is 265 g/mol. The minimum atomic E-state index is -0.434. The number of ether oxygens (including phenoxy) is 1. The first-order valence-corrected chi connectivity index (χ1v) is 6.99. The molecule has 1 unspecified atom stereocenters. The van der Waals surface area contributed by atoms with Gasteiger partial charge in [-0.25, -0.2) is 0 Å².